The number of carbonyl (C=O) groups excluding carboxylic acids is 1. The second kappa shape index (κ2) is 3.09. The normalized spacial score (nSPS) is 14.4. The first-order chi connectivity index (χ1) is 6.29. The molecule has 1 amide bonds. The first-order valence-corrected chi connectivity index (χ1v) is 4.46. The molecule has 0 saturated carbocycles. The molecule has 0 spiro atoms. The highest BCUT2D eigenvalue weighted by Crippen LogP contribution is 2.25. The van der Waals surface area contributed by atoms with Gasteiger partial charge in [-0.3, -0.25) is 4.79 Å². The van der Waals surface area contributed by atoms with E-state index in [-0.39, 0.29) is 5.91 Å². The van der Waals surface area contributed by atoms with Gasteiger partial charge in [-0.15, -0.1) is 0 Å². The average molecular weight is 176 g/mol. The van der Waals surface area contributed by atoms with E-state index in [1.54, 1.807) is 0 Å². The fourth-order valence-electron chi connectivity index (χ4n) is 1.44. The lowest BCUT2D eigenvalue weighted by Gasteiger charge is -2.19. The van der Waals surface area contributed by atoms with Crippen molar-refractivity contribution in [2.45, 2.75) is 13.3 Å². The van der Waals surface area contributed by atoms with Crippen LogP contribution >= 0.6 is 0 Å². The topological polar surface area (TPSA) is 41.1 Å². The van der Waals surface area contributed by atoms with Crippen molar-refractivity contribution >= 4 is 17.3 Å². The number of benzene rings is 1. The van der Waals surface area contributed by atoms with Gasteiger partial charge in [0, 0.05) is 0 Å². The summed E-state index contributed by atoms with van der Waals surface area (Å²) in [6.45, 7) is 2.49. The first kappa shape index (κ1) is 8.10. The number of aryl methyl sites for hydroxylation is 1. The van der Waals surface area contributed by atoms with Crippen LogP contribution < -0.4 is 10.6 Å². The maximum Gasteiger partial charge on any atom is 0.243 e. The zero-order valence-electron chi connectivity index (χ0n) is 7.55. The molecule has 0 aliphatic carbocycles. The van der Waals surface area contributed by atoms with Gasteiger partial charge in [0.25, 0.3) is 0 Å². The molecule has 3 heteroatoms. The number of hydrogen-bond donors (Lipinski definition) is 2. The number of anilines is 2. The first-order valence-electron chi connectivity index (χ1n) is 4.46. The van der Waals surface area contributed by atoms with Gasteiger partial charge >= 0.3 is 0 Å². The molecule has 0 aromatic heterocycles. The second-order valence-electron chi connectivity index (χ2n) is 3.14. The van der Waals surface area contributed by atoms with Gasteiger partial charge in [-0.2, -0.15) is 0 Å². The summed E-state index contributed by atoms with van der Waals surface area (Å²) in [5.74, 6) is 0.0248. The summed E-state index contributed by atoms with van der Waals surface area (Å²) in [5, 5.41) is 5.88. The molecule has 1 aromatic rings. The van der Waals surface area contributed by atoms with Gasteiger partial charge in [0.05, 0.1) is 17.9 Å². The Morgan fingerprint density at radius 2 is 2.23 bits per heavy atom. The Bertz CT molecular complexity index is 347. The number of carbonyl (C=O) groups is 1. The standard InChI is InChI=1S/C10H12N2O/c1-2-7-3-4-8-9(5-7)11-6-10(13)12-8/h3-5,11H,2,6H2,1H3,(H,12,13). The maximum absolute atomic E-state index is 11.0. The van der Waals surface area contributed by atoms with Crippen molar-refractivity contribution in [1.29, 1.82) is 0 Å². The minimum absolute atomic E-state index is 0.0248. The summed E-state index contributed by atoms with van der Waals surface area (Å²) in [4.78, 5) is 11.0. The van der Waals surface area contributed by atoms with E-state index < -0.39 is 0 Å². The molecule has 0 radical (unpaired) electrons. The third-order valence-corrected chi connectivity index (χ3v) is 2.21. The summed E-state index contributed by atoms with van der Waals surface area (Å²) in [6.07, 6.45) is 1.02. The molecule has 0 saturated heterocycles. The van der Waals surface area contributed by atoms with Crippen molar-refractivity contribution in [3.63, 3.8) is 0 Å². The molecule has 2 N–H and O–H groups in total. The van der Waals surface area contributed by atoms with Crippen molar-refractivity contribution in [3.05, 3.63) is 23.8 Å². The fourth-order valence-corrected chi connectivity index (χ4v) is 1.44. The van der Waals surface area contributed by atoms with Gasteiger partial charge in [-0.1, -0.05) is 13.0 Å². The number of nitrogens with one attached hydrogen (secondary N) is 2. The number of amides is 1. The quantitative estimate of drug-likeness (QED) is 0.682. The Kier molecular flexibility index (Phi) is 1.93. The van der Waals surface area contributed by atoms with Crippen LogP contribution in [0.15, 0.2) is 18.2 Å². The van der Waals surface area contributed by atoms with E-state index in [0.717, 1.165) is 17.8 Å². The molecule has 13 heavy (non-hydrogen) atoms. The smallest absolute Gasteiger partial charge is 0.243 e. The Morgan fingerprint density at radius 1 is 1.38 bits per heavy atom. The second-order valence-corrected chi connectivity index (χ2v) is 3.14. The molecule has 1 aliphatic rings. The summed E-state index contributed by atoms with van der Waals surface area (Å²) >= 11 is 0. The average Bonchev–Trinajstić information content (AvgIpc) is 2.17. The SMILES string of the molecule is CCc1ccc2c(c1)NCC(=O)N2. The van der Waals surface area contributed by atoms with Crippen molar-refractivity contribution in [2.75, 3.05) is 17.2 Å². The van der Waals surface area contributed by atoms with E-state index in [1.165, 1.54) is 5.56 Å². The maximum atomic E-state index is 11.0. The van der Waals surface area contributed by atoms with Crippen LogP contribution in [0.3, 0.4) is 0 Å². The minimum atomic E-state index is 0.0248. The molecule has 1 heterocycles. The molecular formula is C10H12N2O. The zero-order valence-corrected chi connectivity index (χ0v) is 7.55. The van der Waals surface area contributed by atoms with Gasteiger partial charge in [-0.25, -0.2) is 0 Å². The largest absolute Gasteiger partial charge is 0.374 e. The number of rotatable bonds is 1. The minimum Gasteiger partial charge on any atom is -0.374 e. The van der Waals surface area contributed by atoms with Crippen LogP contribution in [-0.4, -0.2) is 12.5 Å². The Labute approximate surface area is 77.1 Å². The Morgan fingerprint density at radius 3 is 3.00 bits per heavy atom. The van der Waals surface area contributed by atoms with Gasteiger partial charge in [-0.05, 0) is 24.1 Å². The van der Waals surface area contributed by atoms with Crippen molar-refractivity contribution < 1.29 is 4.79 Å². The highest BCUT2D eigenvalue weighted by Gasteiger charge is 2.12. The number of fused-ring (bicyclic) bond motifs is 1. The van der Waals surface area contributed by atoms with Crippen LogP contribution in [0.2, 0.25) is 0 Å². The molecule has 2 rings (SSSR count). The molecule has 0 unspecified atom stereocenters. The van der Waals surface area contributed by atoms with Crippen LogP contribution in [-0.2, 0) is 11.2 Å². The monoisotopic (exact) mass is 176 g/mol. The molecule has 1 aromatic carbocycles. The van der Waals surface area contributed by atoms with E-state index in [2.05, 4.69) is 23.6 Å². The molecule has 1 aliphatic heterocycles. The fraction of sp³-hybridized carbons (Fsp3) is 0.300. The molecule has 3 nitrogen and oxygen atoms in total. The molecule has 68 valence electrons. The van der Waals surface area contributed by atoms with Crippen LogP contribution in [0, 0.1) is 0 Å². The van der Waals surface area contributed by atoms with Crippen LogP contribution in [0.4, 0.5) is 11.4 Å². The Hall–Kier alpha value is -1.51. The van der Waals surface area contributed by atoms with Crippen LogP contribution in [0.5, 0.6) is 0 Å². The predicted molar refractivity (Wildman–Crippen MR) is 52.9 cm³/mol. The highest BCUT2D eigenvalue weighted by atomic mass is 16.2. The van der Waals surface area contributed by atoms with Crippen molar-refractivity contribution in [2.24, 2.45) is 0 Å². The third-order valence-electron chi connectivity index (χ3n) is 2.21. The van der Waals surface area contributed by atoms with E-state index in [4.69, 9.17) is 0 Å². The van der Waals surface area contributed by atoms with Gasteiger partial charge in [0.1, 0.15) is 0 Å². The van der Waals surface area contributed by atoms with Crippen molar-refractivity contribution in [1.82, 2.24) is 0 Å². The highest BCUT2D eigenvalue weighted by molar-refractivity contribution is 6.00. The van der Waals surface area contributed by atoms with E-state index >= 15 is 0 Å². The number of hydrogen-bond acceptors (Lipinski definition) is 2. The summed E-state index contributed by atoms with van der Waals surface area (Å²) in [7, 11) is 0. The van der Waals surface area contributed by atoms with Crippen LogP contribution in [0.25, 0.3) is 0 Å². The lowest BCUT2D eigenvalue weighted by atomic mass is 10.1. The zero-order chi connectivity index (χ0) is 9.26. The predicted octanol–water partition coefficient (Wildman–Crippen LogP) is 1.61. The molecule has 0 bridgehead atoms. The van der Waals surface area contributed by atoms with Crippen molar-refractivity contribution in [3.8, 4) is 0 Å². The Balaban J connectivity index is 2.36. The summed E-state index contributed by atoms with van der Waals surface area (Å²) < 4.78 is 0. The van der Waals surface area contributed by atoms with Gasteiger partial charge in [0.15, 0.2) is 0 Å². The molecule has 0 atom stereocenters. The van der Waals surface area contributed by atoms with E-state index in [0.29, 0.717) is 6.54 Å². The summed E-state index contributed by atoms with van der Waals surface area (Å²) in [6, 6.07) is 6.05. The van der Waals surface area contributed by atoms with Gasteiger partial charge in [0.2, 0.25) is 5.91 Å². The molecule has 0 fully saturated rings. The van der Waals surface area contributed by atoms with E-state index in [1.807, 2.05) is 12.1 Å². The lowest BCUT2D eigenvalue weighted by molar-refractivity contribution is -0.114. The molecular weight excluding hydrogens is 164 g/mol. The van der Waals surface area contributed by atoms with Gasteiger partial charge < -0.3 is 10.6 Å². The lowest BCUT2D eigenvalue weighted by Crippen LogP contribution is -2.27. The summed E-state index contributed by atoms with van der Waals surface area (Å²) in [5.41, 5.74) is 3.19. The van der Waals surface area contributed by atoms with Crippen LogP contribution in [0.1, 0.15) is 12.5 Å². The third kappa shape index (κ3) is 1.49. The van der Waals surface area contributed by atoms with E-state index in [9.17, 15) is 4.79 Å².